The molecule has 1 aromatic carbocycles. The summed E-state index contributed by atoms with van der Waals surface area (Å²) in [7, 11) is 0. The highest BCUT2D eigenvalue weighted by Gasteiger charge is 2.11. The molecule has 0 spiro atoms. The second-order valence-corrected chi connectivity index (χ2v) is 6.61. The number of nitrogens with one attached hydrogen (secondary N) is 1. The Balaban J connectivity index is 2.12. The summed E-state index contributed by atoms with van der Waals surface area (Å²) in [6.07, 6.45) is 1.07. The average molecular weight is 345 g/mol. The van der Waals surface area contributed by atoms with Crippen LogP contribution in [0.3, 0.4) is 0 Å². The first-order valence-electron chi connectivity index (χ1n) is 6.82. The predicted molar refractivity (Wildman–Crippen MR) is 89.6 cm³/mol. The van der Waals surface area contributed by atoms with Gasteiger partial charge in [-0.15, -0.1) is 11.3 Å². The van der Waals surface area contributed by atoms with Gasteiger partial charge in [0.1, 0.15) is 12.4 Å². The highest BCUT2D eigenvalue weighted by molar-refractivity contribution is 7.09. The minimum absolute atomic E-state index is 0.409. The summed E-state index contributed by atoms with van der Waals surface area (Å²) in [5, 5.41) is 7.51. The van der Waals surface area contributed by atoms with Crippen LogP contribution in [0.1, 0.15) is 29.6 Å². The maximum absolute atomic E-state index is 6.26. The van der Waals surface area contributed by atoms with Gasteiger partial charge in [-0.05, 0) is 32.0 Å². The fourth-order valence-corrected chi connectivity index (χ4v) is 3.11. The second-order valence-electron chi connectivity index (χ2n) is 4.70. The predicted octanol–water partition coefficient (Wildman–Crippen LogP) is 4.84. The number of benzene rings is 1. The van der Waals surface area contributed by atoms with E-state index in [0.717, 1.165) is 29.2 Å². The van der Waals surface area contributed by atoms with Crippen molar-refractivity contribution >= 4 is 34.5 Å². The molecule has 0 amide bonds. The highest BCUT2D eigenvalue weighted by Crippen LogP contribution is 2.33. The number of aryl methyl sites for hydroxylation is 1. The van der Waals surface area contributed by atoms with Crippen LogP contribution in [0.5, 0.6) is 5.75 Å². The van der Waals surface area contributed by atoms with Crippen molar-refractivity contribution in [3.8, 4) is 5.75 Å². The number of thiazole rings is 1. The van der Waals surface area contributed by atoms with E-state index in [-0.39, 0.29) is 0 Å². The molecule has 6 heteroatoms. The van der Waals surface area contributed by atoms with Gasteiger partial charge in [0.05, 0.1) is 15.7 Å². The Kier molecular flexibility index (Phi) is 6.30. The first-order valence-corrected chi connectivity index (χ1v) is 8.46. The molecule has 0 radical (unpaired) electrons. The first-order chi connectivity index (χ1) is 10.1. The third-order valence-corrected chi connectivity index (χ3v) is 4.18. The maximum Gasteiger partial charge on any atom is 0.143 e. The van der Waals surface area contributed by atoms with Crippen LogP contribution in [0.2, 0.25) is 10.0 Å². The lowest BCUT2D eigenvalue weighted by atomic mass is 10.2. The fraction of sp³-hybridized carbons (Fsp3) is 0.400. The lowest BCUT2D eigenvalue weighted by Gasteiger charge is -2.14. The van der Waals surface area contributed by atoms with Crippen LogP contribution in [-0.2, 0) is 13.2 Å². The molecule has 2 aromatic rings. The molecule has 0 bridgehead atoms. The second kappa shape index (κ2) is 7.99. The Morgan fingerprint density at radius 1 is 1.33 bits per heavy atom. The summed E-state index contributed by atoms with van der Waals surface area (Å²) in [5.41, 5.74) is 1.88. The zero-order valence-corrected chi connectivity index (χ0v) is 14.4. The van der Waals surface area contributed by atoms with Crippen LogP contribution in [-0.4, -0.2) is 11.5 Å². The summed E-state index contributed by atoms with van der Waals surface area (Å²) in [6.45, 7) is 6.13. The molecule has 0 saturated heterocycles. The molecule has 0 aliphatic carbocycles. The lowest BCUT2D eigenvalue weighted by Crippen LogP contribution is -2.15. The quantitative estimate of drug-likeness (QED) is 0.730. The number of nitrogens with zero attached hydrogens (tertiary/aromatic N) is 1. The van der Waals surface area contributed by atoms with Crippen LogP contribution in [0.4, 0.5) is 0 Å². The summed E-state index contributed by atoms with van der Waals surface area (Å²) in [5.74, 6) is 0.676. The third kappa shape index (κ3) is 4.85. The Hall–Kier alpha value is -0.810. The van der Waals surface area contributed by atoms with E-state index in [4.69, 9.17) is 27.9 Å². The van der Waals surface area contributed by atoms with Crippen molar-refractivity contribution < 1.29 is 4.74 Å². The molecule has 0 atom stereocenters. The molecule has 114 valence electrons. The van der Waals surface area contributed by atoms with E-state index in [9.17, 15) is 0 Å². The monoisotopic (exact) mass is 344 g/mol. The smallest absolute Gasteiger partial charge is 0.143 e. The molecule has 0 fully saturated rings. The van der Waals surface area contributed by atoms with Gasteiger partial charge in [-0.2, -0.15) is 0 Å². The van der Waals surface area contributed by atoms with E-state index < -0.39 is 0 Å². The van der Waals surface area contributed by atoms with Gasteiger partial charge in [0, 0.05) is 22.5 Å². The van der Waals surface area contributed by atoms with E-state index in [2.05, 4.69) is 17.2 Å². The Labute approximate surface area is 139 Å². The van der Waals surface area contributed by atoms with Gasteiger partial charge < -0.3 is 10.1 Å². The van der Waals surface area contributed by atoms with Gasteiger partial charge in [0.2, 0.25) is 0 Å². The summed E-state index contributed by atoms with van der Waals surface area (Å²) in [6, 6.07) is 3.59. The van der Waals surface area contributed by atoms with Crippen molar-refractivity contribution in [2.24, 2.45) is 0 Å². The van der Waals surface area contributed by atoms with E-state index in [1.807, 2.05) is 18.4 Å². The minimum atomic E-state index is 0.409. The van der Waals surface area contributed by atoms with Crippen molar-refractivity contribution in [2.75, 3.05) is 6.54 Å². The standard InChI is InChI=1S/C15H18Cl2N2OS/c1-3-4-18-7-11-5-12(16)6-14(17)15(11)20-8-13-9-21-10(2)19-13/h5-6,9,18H,3-4,7-8H2,1-2H3. The molecule has 0 aliphatic rings. The first kappa shape index (κ1) is 16.6. The van der Waals surface area contributed by atoms with Gasteiger partial charge in [-0.25, -0.2) is 4.98 Å². The number of aromatic nitrogens is 1. The Bertz CT molecular complexity index is 601. The van der Waals surface area contributed by atoms with E-state index in [1.54, 1.807) is 17.4 Å². The molecule has 3 nitrogen and oxygen atoms in total. The topological polar surface area (TPSA) is 34.1 Å². The molecule has 2 rings (SSSR count). The summed E-state index contributed by atoms with van der Waals surface area (Å²) >= 11 is 14.0. The number of hydrogen-bond donors (Lipinski definition) is 1. The molecule has 0 aliphatic heterocycles. The van der Waals surface area contributed by atoms with E-state index in [0.29, 0.717) is 28.9 Å². The molecule has 1 heterocycles. The van der Waals surface area contributed by atoms with E-state index >= 15 is 0 Å². The summed E-state index contributed by atoms with van der Waals surface area (Å²) < 4.78 is 5.87. The van der Waals surface area contributed by atoms with Gasteiger partial charge in [0.15, 0.2) is 0 Å². The third-order valence-electron chi connectivity index (χ3n) is 2.86. The van der Waals surface area contributed by atoms with Crippen LogP contribution in [0, 0.1) is 6.92 Å². The van der Waals surface area contributed by atoms with Crippen LogP contribution < -0.4 is 10.1 Å². The number of rotatable bonds is 7. The largest absolute Gasteiger partial charge is 0.485 e. The molecular formula is C15H18Cl2N2OS. The van der Waals surface area contributed by atoms with Crippen molar-refractivity contribution in [3.63, 3.8) is 0 Å². The van der Waals surface area contributed by atoms with Crippen LogP contribution in [0.25, 0.3) is 0 Å². The van der Waals surface area contributed by atoms with Crippen LogP contribution in [0.15, 0.2) is 17.5 Å². The highest BCUT2D eigenvalue weighted by atomic mass is 35.5. The van der Waals surface area contributed by atoms with E-state index in [1.165, 1.54) is 0 Å². The molecular weight excluding hydrogens is 327 g/mol. The summed E-state index contributed by atoms with van der Waals surface area (Å²) in [4.78, 5) is 4.39. The Morgan fingerprint density at radius 3 is 2.81 bits per heavy atom. The number of hydrogen-bond acceptors (Lipinski definition) is 4. The van der Waals surface area contributed by atoms with Crippen LogP contribution >= 0.6 is 34.5 Å². The maximum atomic E-state index is 6.26. The molecule has 1 N–H and O–H groups in total. The fourth-order valence-electron chi connectivity index (χ4n) is 1.93. The lowest BCUT2D eigenvalue weighted by molar-refractivity contribution is 0.298. The van der Waals surface area contributed by atoms with Gasteiger partial charge in [-0.3, -0.25) is 0 Å². The Morgan fingerprint density at radius 2 is 2.14 bits per heavy atom. The van der Waals surface area contributed by atoms with Crippen molar-refractivity contribution in [2.45, 2.75) is 33.4 Å². The zero-order valence-electron chi connectivity index (χ0n) is 12.1. The SMILES string of the molecule is CCCNCc1cc(Cl)cc(Cl)c1OCc1csc(C)n1. The normalized spacial score (nSPS) is 10.9. The minimum Gasteiger partial charge on any atom is -0.485 e. The van der Waals surface area contributed by atoms with Gasteiger partial charge >= 0.3 is 0 Å². The molecule has 1 aromatic heterocycles. The number of halogens is 2. The van der Waals surface area contributed by atoms with Crippen molar-refractivity contribution in [1.29, 1.82) is 0 Å². The van der Waals surface area contributed by atoms with Gasteiger partial charge in [0.25, 0.3) is 0 Å². The number of ether oxygens (including phenoxy) is 1. The zero-order chi connectivity index (χ0) is 15.2. The molecule has 21 heavy (non-hydrogen) atoms. The van der Waals surface area contributed by atoms with Crippen molar-refractivity contribution in [1.82, 2.24) is 10.3 Å². The molecule has 0 saturated carbocycles. The molecule has 0 unspecified atom stereocenters. The van der Waals surface area contributed by atoms with Crippen molar-refractivity contribution in [3.05, 3.63) is 43.8 Å². The van der Waals surface area contributed by atoms with Gasteiger partial charge in [-0.1, -0.05) is 30.1 Å². The average Bonchev–Trinajstić information content (AvgIpc) is 2.83.